The summed E-state index contributed by atoms with van der Waals surface area (Å²) in [6.45, 7) is 0.389. The van der Waals surface area contributed by atoms with E-state index >= 15 is 0 Å². The number of sulfonamides is 1. The van der Waals surface area contributed by atoms with Crippen LogP contribution in [-0.2, 0) is 19.6 Å². The highest BCUT2D eigenvalue weighted by Gasteiger charge is 2.35. The number of hydrogen-bond donors (Lipinski definition) is 2. The van der Waals surface area contributed by atoms with Crippen molar-refractivity contribution in [2.24, 2.45) is 5.92 Å². The van der Waals surface area contributed by atoms with Crippen molar-refractivity contribution in [2.45, 2.75) is 11.3 Å². The van der Waals surface area contributed by atoms with Crippen molar-refractivity contribution in [3.05, 3.63) is 53.6 Å². The fraction of sp³-hybridized carbons (Fsp3) is 0.300. The Hall–Kier alpha value is -2.62. The Balaban J connectivity index is 1.49. The van der Waals surface area contributed by atoms with Gasteiger partial charge in [-0.05, 0) is 42.5 Å². The number of benzene rings is 2. The second-order valence-electron chi connectivity index (χ2n) is 6.75. The van der Waals surface area contributed by atoms with Gasteiger partial charge in [0.25, 0.3) is 0 Å². The number of carbonyl (C=O) groups is 2. The summed E-state index contributed by atoms with van der Waals surface area (Å²) in [5, 5.41) is 3.00. The van der Waals surface area contributed by atoms with Gasteiger partial charge in [0.05, 0.1) is 17.9 Å². The van der Waals surface area contributed by atoms with Crippen LogP contribution < -0.4 is 19.7 Å². The van der Waals surface area contributed by atoms with Gasteiger partial charge in [-0.25, -0.2) is 13.1 Å². The third-order valence-electron chi connectivity index (χ3n) is 4.70. The molecule has 2 aromatic rings. The molecule has 1 aliphatic rings. The Bertz CT molecular complexity index is 1030. The van der Waals surface area contributed by atoms with E-state index in [4.69, 9.17) is 16.3 Å². The van der Waals surface area contributed by atoms with Crippen molar-refractivity contribution in [3.8, 4) is 5.75 Å². The predicted octanol–water partition coefficient (Wildman–Crippen LogP) is 1.80. The van der Waals surface area contributed by atoms with Crippen LogP contribution >= 0.6 is 11.6 Å². The minimum atomic E-state index is -3.72. The van der Waals surface area contributed by atoms with Crippen LogP contribution in [0.5, 0.6) is 5.75 Å². The van der Waals surface area contributed by atoms with Gasteiger partial charge in [-0.15, -0.1) is 0 Å². The van der Waals surface area contributed by atoms with Gasteiger partial charge in [-0.2, -0.15) is 0 Å². The quantitative estimate of drug-likeness (QED) is 0.595. The molecule has 1 saturated heterocycles. The molecule has 0 radical (unpaired) electrons. The Kier molecular flexibility index (Phi) is 6.96. The maximum Gasteiger partial charge on any atom is 0.240 e. The lowest BCUT2D eigenvalue weighted by molar-refractivity contribution is -0.126. The standard InChI is InChI=1S/C20H22ClN3O5S/c1-29-17-7-5-16(6-8-17)24-13-14(11-19(24)25)20(26)22-9-10-23-30(27,28)18-4-2-3-15(21)12-18/h2-8,12,14,23H,9-11,13H2,1H3,(H,22,26). The molecule has 2 amide bonds. The molecule has 2 aromatic carbocycles. The van der Waals surface area contributed by atoms with Gasteiger partial charge in [-0.3, -0.25) is 9.59 Å². The Morgan fingerprint density at radius 1 is 1.20 bits per heavy atom. The number of methoxy groups -OCH3 is 1. The normalized spacial score (nSPS) is 16.5. The second kappa shape index (κ2) is 9.46. The highest BCUT2D eigenvalue weighted by molar-refractivity contribution is 7.89. The van der Waals surface area contributed by atoms with E-state index in [1.54, 1.807) is 48.4 Å². The average Bonchev–Trinajstić information content (AvgIpc) is 3.13. The molecule has 0 saturated carbocycles. The molecule has 1 fully saturated rings. The van der Waals surface area contributed by atoms with E-state index < -0.39 is 15.9 Å². The number of rotatable bonds is 8. The predicted molar refractivity (Wildman–Crippen MR) is 113 cm³/mol. The van der Waals surface area contributed by atoms with Crippen molar-refractivity contribution in [1.29, 1.82) is 0 Å². The molecule has 1 heterocycles. The lowest BCUT2D eigenvalue weighted by atomic mass is 10.1. The number of halogens is 1. The number of hydrogen-bond acceptors (Lipinski definition) is 5. The van der Waals surface area contributed by atoms with Gasteiger partial charge < -0.3 is 15.0 Å². The Morgan fingerprint density at radius 3 is 2.60 bits per heavy atom. The van der Waals surface area contributed by atoms with Crippen molar-refractivity contribution in [3.63, 3.8) is 0 Å². The number of ether oxygens (including phenoxy) is 1. The van der Waals surface area contributed by atoms with Crippen LogP contribution in [0.2, 0.25) is 5.02 Å². The van der Waals surface area contributed by atoms with Gasteiger partial charge in [0, 0.05) is 36.8 Å². The van der Waals surface area contributed by atoms with Crippen LogP contribution in [0, 0.1) is 5.92 Å². The molecule has 10 heteroatoms. The van der Waals surface area contributed by atoms with E-state index in [0.717, 1.165) is 0 Å². The van der Waals surface area contributed by atoms with Crippen molar-refractivity contribution >= 4 is 39.1 Å². The molecule has 160 valence electrons. The minimum absolute atomic E-state index is 0.0173. The lowest BCUT2D eigenvalue weighted by Gasteiger charge is -2.17. The molecule has 1 aliphatic heterocycles. The summed E-state index contributed by atoms with van der Waals surface area (Å²) in [6, 6.07) is 12.9. The zero-order valence-corrected chi connectivity index (χ0v) is 17.9. The molecule has 0 bridgehead atoms. The maximum atomic E-state index is 12.4. The highest BCUT2D eigenvalue weighted by atomic mass is 35.5. The maximum absolute atomic E-state index is 12.4. The van der Waals surface area contributed by atoms with E-state index in [9.17, 15) is 18.0 Å². The Morgan fingerprint density at radius 2 is 1.93 bits per heavy atom. The number of nitrogens with one attached hydrogen (secondary N) is 2. The van der Waals surface area contributed by atoms with Crippen LogP contribution in [-0.4, -0.2) is 47.0 Å². The smallest absolute Gasteiger partial charge is 0.240 e. The van der Waals surface area contributed by atoms with Crippen molar-refractivity contribution in [1.82, 2.24) is 10.0 Å². The monoisotopic (exact) mass is 451 g/mol. The first-order valence-electron chi connectivity index (χ1n) is 9.27. The molecule has 1 unspecified atom stereocenters. The van der Waals surface area contributed by atoms with Gasteiger partial charge in [0.15, 0.2) is 0 Å². The zero-order valence-electron chi connectivity index (χ0n) is 16.3. The third kappa shape index (κ3) is 5.29. The fourth-order valence-electron chi connectivity index (χ4n) is 3.13. The molecule has 0 aliphatic carbocycles. The largest absolute Gasteiger partial charge is 0.497 e. The lowest BCUT2D eigenvalue weighted by Crippen LogP contribution is -2.38. The third-order valence-corrected chi connectivity index (χ3v) is 6.40. The van der Waals surface area contributed by atoms with Gasteiger partial charge in [0.1, 0.15) is 5.75 Å². The first kappa shape index (κ1) is 22.1. The van der Waals surface area contributed by atoms with Crippen molar-refractivity contribution in [2.75, 3.05) is 31.6 Å². The highest BCUT2D eigenvalue weighted by Crippen LogP contribution is 2.26. The number of carbonyl (C=O) groups excluding carboxylic acids is 2. The van der Waals surface area contributed by atoms with Gasteiger partial charge in [0.2, 0.25) is 21.8 Å². The summed E-state index contributed by atoms with van der Waals surface area (Å²) in [5.41, 5.74) is 0.699. The van der Waals surface area contributed by atoms with E-state index in [2.05, 4.69) is 10.0 Å². The molecule has 30 heavy (non-hydrogen) atoms. The van der Waals surface area contributed by atoms with E-state index in [0.29, 0.717) is 16.5 Å². The topological polar surface area (TPSA) is 105 Å². The molecule has 8 nitrogen and oxygen atoms in total. The van der Waals surface area contributed by atoms with Gasteiger partial charge >= 0.3 is 0 Å². The molecule has 2 N–H and O–H groups in total. The second-order valence-corrected chi connectivity index (χ2v) is 8.95. The van der Waals surface area contributed by atoms with E-state index in [1.165, 1.54) is 12.1 Å². The summed E-state index contributed by atoms with van der Waals surface area (Å²) in [5.74, 6) is -0.243. The average molecular weight is 452 g/mol. The van der Waals surface area contributed by atoms with Crippen LogP contribution in [0.1, 0.15) is 6.42 Å². The molecule has 0 aromatic heterocycles. The van der Waals surface area contributed by atoms with Crippen molar-refractivity contribution < 1.29 is 22.7 Å². The number of nitrogens with zero attached hydrogens (tertiary/aromatic N) is 1. The fourth-order valence-corrected chi connectivity index (χ4v) is 4.46. The Labute approximate surface area is 180 Å². The SMILES string of the molecule is COc1ccc(N2CC(C(=O)NCCNS(=O)(=O)c3cccc(Cl)c3)CC2=O)cc1. The number of anilines is 1. The van der Waals surface area contributed by atoms with Crippen LogP contribution in [0.4, 0.5) is 5.69 Å². The molecular formula is C20H22ClN3O5S. The minimum Gasteiger partial charge on any atom is -0.497 e. The summed E-state index contributed by atoms with van der Waals surface area (Å²) in [4.78, 5) is 26.3. The first-order valence-corrected chi connectivity index (χ1v) is 11.1. The summed E-state index contributed by atoms with van der Waals surface area (Å²) < 4.78 is 32.0. The zero-order chi connectivity index (χ0) is 21.7. The molecule has 1 atom stereocenters. The summed E-state index contributed by atoms with van der Waals surface area (Å²) in [6.07, 6.45) is 0.103. The molecule has 0 spiro atoms. The van der Waals surface area contributed by atoms with E-state index in [1.807, 2.05) is 0 Å². The van der Waals surface area contributed by atoms with E-state index in [-0.39, 0.29) is 42.8 Å². The summed E-state index contributed by atoms with van der Waals surface area (Å²) >= 11 is 5.82. The van der Waals surface area contributed by atoms with Gasteiger partial charge in [-0.1, -0.05) is 17.7 Å². The van der Waals surface area contributed by atoms with Crippen LogP contribution in [0.15, 0.2) is 53.4 Å². The summed E-state index contributed by atoms with van der Waals surface area (Å²) in [7, 11) is -2.16. The molecule has 3 rings (SSSR count). The van der Waals surface area contributed by atoms with Crippen LogP contribution in [0.3, 0.4) is 0 Å². The van der Waals surface area contributed by atoms with Crippen LogP contribution in [0.25, 0.3) is 0 Å². The molecular weight excluding hydrogens is 430 g/mol. The number of amides is 2. The first-order chi connectivity index (χ1) is 14.3.